The van der Waals surface area contributed by atoms with Crippen molar-refractivity contribution < 1.29 is 13.9 Å². The summed E-state index contributed by atoms with van der Waals surface area (Å²) in [5.41, 5.74) is 5.67. The topological polar surface area (TPSA) is 55.6 Å². The van der Waals surface area contributed by atoms with E-state index < -0.39 is 11.4 Å². The van der Waals surface area contributed by atoms with Gasteiger partial charge in [0, 0.05) is 13.6 Å². The molecule has 19 heavy (non-hydrogen) atoms. The van der Waals surface area contributed by atoms with E-state index in [0.29, 0.717) is 13.0 Å². The molecule has 5 heteroatoms. The third-order valence-electron chi connectivity index (χ3n) is 2.85. The van der Waals surface area contributed by atoms with Gasteiger partial charge >= 0.3 is 0 Å². The molecule has 0 aromatic heterocycles. The number of benzene rings is 1. The largest absolute Gasteiger partial charge is 0.494 e. The number of hydrogen-bond acceptors (Lipinski definition) is 3. The van der Waals surface area contributed by atoms with Crippen LogP contribution in [-0.4, -0.2) is 37.0 Å². The first-order chi connectivity index (χ1) is 8.75. The maximum atomic E-state index is 13.5. The Labute approximate surface area is 113 Å². The normalized spacial score (nSPS) is 11.3. The highest BCUT2D eigenvalue weighted by Crippen LogP contribution is 2.18. The Morgan fingerprint density at radius 3 is 2.58 bits per heavy atom. The van der Waals surface area contributed by atoms with Gasteiger partial charge in [-0.1, -0.05) is 6.07 Å². The van der Waals surface area contributed by atoms with Crippen molar-refractivity contribution in [3.8, 4) is 5.75 Å². The maximum absolute atomic E-state index is 13.5. The fourth-order valence-corrected chi connectivity index (χ4v) is 1.76. The van der Waals surface area contributed by atoms with Crippen molar-refractivity contribution in [2.24, 2.45) is 5.73 Å². The molecule has 0 atom stereocenters. The van der Waals surface area contributed by atoms with Gasteiger partial charge in [0.05, 0.1) is 12.6 Å². The number of nitrogens with two attached hydrogens (primary N) is 1. The van der Waals surface area contributed by atoms with Crippen LogP contribution in [-0.2, 0) is 11.2 Å². The zero-order chi connectivity index (χ0) is 14.6. The van der Waals surface area contributed by atoms with E-state index >= 15 is 0 Å². The average Bonchev–Trinajstić information content (AvgIpc) is 2.34. The molecule has 0 saturated heterocycles. The summed E-state index contributed by atoms with van der Waals surface area (Å²) in [4.78, 5) is 13.4. The van der Waals surface area contributed by atoms with Crippen LogP contribution in [0, 0.1) is 5.82 Å². The molecule has 1 amide bonds. The molecule has 4 nitrogen and oxygen atoms in total. The molecule has 1 aromatic carbocycles. The second-order valence-corrected chi connectivity index (χ2v) is 5.17. The van der Waals surface area contributed by atoms with Crippen LogP contribution in [0.5, 0.6) is 5.75 Å². The van der Waals surface area contributed by atoms with Gasteiger partial charge in [-0.05, 0) is 38.0 Å². The summed E-state index contributed by atoms with van der Waals surface area (Å²) in [6.07, 6.45) is 0.569. The summed E-state index contributed by atoms with van der Waals surface area (Å²) in [6, 6.07) is 4.79. The fourth-order valence-electron chi connectivity index (χ4n) is 1.76. The summed E-state index contributed by atoms with van der Waals surface area (Å²) in [5, 5.41) is 0. The molecule has 0 radical (unpaired) electrons. The SMILES string of the molecule is COc1ccc(CCN(C)C(=O)C(C)(C)N)cc1F. The van der Waals surface area contributed by atoms with Crippen LogP contribution in [0.25, 0.3) is 0 Å². The Kier molecular flexibility index (Phi) is 4.89. The smallest absolute Gasteiger partial charge is 0.241 e. The van der Waals surface area contributed by atoms with E-state index in [1.165, 1.54) is 13.2 Å². The lowest BCUT2D eigenvalue weighted by molar-refractivity contribution is -0.134. The third-order valence-corrected chi connectivity index (χ3v) is 2.85. The Hall–Kier alpha value is -1.62. The highest BCUT2D eigenvalue weighted by molar-refractivity contribution is 5.84. The van der Waals surface area contributed by atoms with Crippen molar-refractivity contribution >= 4 is 5.91 Å². The molecule has 1 rings (SSSR count). The molecule has 0 aliphatic heterocycles. The van der Waals surface area contributed by atoms with Crippen molar-refractivity contribution in [1.29, 1.82) is 0 Å². The predicted octanol–water partition coefficient (Wildman–Crippen LogP) is 1.57. The Balaban J connectivity index is 2.62. The second-order valence-electron chi connectivity index (χ2n) is 5.17. The molecule has 106 valence electrons. The average molecular weight is 268 g/mol. The summed E-state index contributed by atoms with van der Waals surface area (Å²) < 4.78 is 18.3. The zero-order valence-corrected chi connectivity index (χ0v) is 11.9. The van der Waals surface area contributed by atoms with Gasteiger partial charge in [-0.15, -0.1) is 0 Å². The van der Waals surface area contributed by atoms with Gasteiger partial charge in [-0.25, -0.2) is 4.39 Å². The number of likely N-dealkylation sites (N-methyl/N-ethyl adjacent to an activating group) is 1. The zero-order valence-electron chi connectivity index (χ0n) is 11.9. The highest BCUT2D eigenvalue weighted by Gasteiger charge is 2.25. The second kappa shape index (κ2) is 6.02. The number of halogens is 1. The number of nitrogens with zero attached hydrogens (tertiary/aromatic N) is 1. The highest BCUT2D eigenvalue weighted by atomic mass is 19.1. The lowest BCUT2D eigenvalue weighted by Gasteiger charge is -2.25. The van der Waals surface area contributed by atoms with Crippen LogP contribution in [0.4, 0.5) is 4.39 Å². The van der Waals surface area contributed by atoms with Gasteiger partial charge in [0.25, 0.3) is 0 Å². The van der Waals surface area contributed by atoms with Gasteiger partial charge in [0.15, 0.2) is 11.6 Å². The molecule has 1 aromatic rings. The quantitative estimate of drug-likeness (QED) is 0.882. The molecular weight excluding hydrogens is 247 g/mol. The van der Waals surface area contributed by atoms with Gasteiger partial charge in [0.2, 0.25) is 5.91 Å². The molecule has 0 aliphatic carbocycles. The van der Waals surface area contributed by atoms with Gasteiger partial charge in [-0.2, -0.15) is 0 Å². The fraction of sp³-hybridized carbons (Fsp3) is 0.500. The van der Waals surface area contributed by atoms with Gasteiger partial charge in [0.1, 0.15) is 0 Å². The molecule has 0 unspecified atom stereocenters. The van der Waals surface area contributed by atoms with Crippen LogP contribution >= 0.6 is 0 Å². The predicted molar refractivity (Wildman–Crippen MR) is 72.6 cm³/mol. The first kappa shape index (κ1) is 15.4. The summed E-state index contributed by atoms with van der Waals surface area (Å²) in [6.45, 7) is 3.82. The van der Waals surface area contributed by atoms with Crippen molar-refractivity contribution in [2.75, 3.05) is 20.7 Å². The lowest BCUT2D eigenvalue weighted by Crippen LogP contribution is -2.50. The number of hydrogen-bond donors (Lipinski definition) is 1. The van der Waals surface area contributed by atoms with E-state index in [1.54, 1.807) is 37.9 Å². The first-order valence-corrected chi connectivity index (χ1v) is 6.12. The van der Waals surface area contributed by atoms with Crippen molar-refractivity contribution in [2.45, 2.75) is 25.8 Å². The number of carbonyl (C=O) groups excluding carboxylic acids is 1. The molecule has 0 heterocycles. The molecule has 0 fully saturated rings. The van der Waals surface area contributed by atoms with E-state index in [-0.39, 0.29) is 11.7 Å². The Morgan fingerprint density at radius 1 is 1.47 bits per heavy atom. The number of amides is 1. The van der Waals surface area contributed by atoms with E-state index in [0.717, 1.165) is 5.56 Å². The summed E-state index contributed by atoms with van der Waals surface area (Å²) in [7, 11) is 3.12. The van der Waals surface area contributed by atoms with E-state index in [2.05, 4.69) is 0 Å². The minimum atomic E-state index is -0.889. The molecule has 0 aliphatic rings. The Morgan fingerprint density at radius 2 is 2.11 bits per heavy atom. The van der Waals surface area contributed by atoms with Gasteiger partial charge in [-0.3, -0.25) is 4.79 Å². The van der Waals surface area contributed by atoms with Crippen molar-refractivity contribution in [3.63, 3.8) is 0 Å². The lowest BCUT2D eigenvalue weighted by atomic mass is 10.1. The van der Waals surface area contributed by atoms with Gasteiger partial charge < -0.3 is 15.4 Å². The summed E-state index contributed by atoms with van der Waals surface area (Å²) in [5.74, 6) is -0.314. The minimum absolute atomic E-state index is 0.138. The standard InChI is InChI=1S/C14H21FN2O2/c1-14(2,16)13(18)17(3)8-7-10-5-6-12(19-4)11(15)9-10/h5-6,9H,7-8,16H2,1-4H3. The molecule has 0 bridgehead atoms. The third kappa shape index (κ3) is 4.21. The summed E-state index contributed by atoms with van der Waals surface area (Å²) >= 11 is 0. The molecule has 2 N–H and O–H groups in total. The van der Waals surface area contributed by atoms with Crippen molar-refractivity contribution in [3.05, 3.63) is 29.6 Å². The van der Waals surface area contributed by atoms with Crippen LogP contribution in [0.2, 0.25) is 0 Å². The van der Waals surface area contributed by atoms with E-state index in [9.17, 15) is 9.18 Å². The molecule has 0 saturated carbocycles. The molecular formula is C14H21FN2O2. The first-order valence-electron chi connectivity index (χ1n) is 6.12. The van der Waals surface area contributed by atoms with E-state index in [1.807, 2.05) is 0 Å². The van der Waals surface area contributed by atoms with Crippen LogP contribution < -0.4 is 10.5 Å². The minimum Gasteiger partial charge on any atom is -0.494 e. The van der Waals surface area contributed by atoms with Crippen molar-refractivity contribution in [1.82, 2.24) is 4.90 Å². The van der Waals surface area contributed by atoms with E-state index in [4.69, 9.17) is 10.5 Å². The monoisotopic (exact) mass is 268 g/mol. The Bertz CT molecular complexity index is 455. The number of ether oxygens (including phenoxy) is 1. The number of methoxy groups -OCH3 is 1. The van der Waals surface area contributed by atoms with Crippen LogP contribution in [0.15, 0.2) is 18.2 Å². The maximum Gasteiger partial charge on any atom is 0.241 e. The molecule has 0 spiro atoms. The number of rotatable bonds is 5. The number of carbonyl (C=O) groups is 1. The van der Waals surface area contributed by atoms with Crippen LogP contribution in [0.3, 0.4) is 0 Å². The van der Waals surface area contributed by atoms with Crippen LogP contribution in [0.1, 0.15) is 19.4 Å².